The highest BCUT2D eigenvalue weighted by molar-refractivity contribution is 5.53. The molecule has 2 heterocycles. The molecule has 0 unspecified atom stereocenters. The van der Waals surface area contributed by atoms with Crippen molar-refractivity contribution in [3.05, 3.63) is 47.6 Å². The number of benzene rings is 1. The maximum absolute atomic E-state index is 13.1. The number of hydrogen-bond acceptors (Lipinski definition) is 5. The number of halogens is 1. The summed E-state index contributed by atoms with van der Waals surface area (Å²) in [4.78, 5) is 1.38. The van der Waals surface area contributed by atoms with Crippen molar-refractivity contribution in [2.75, 3.05) is 0 Å². The second kappa shape index (κ2) is 4.60. The summed E-state index contributed by atoms with van der Waals surface area (Å²) in [5.41, 5.74) is 1.38. The summed E-state index contributed by atoms with van der Waals surface area (Å²) in [6, 6.07) is 7.85. The zero-order chi connectivity index (χ0) is 13.2. The Labute approximate surface area is 107 Å². The van der Waals surface area contributed by atoms with Crippen molar-refractivity contribution in [3.63, 3.8) is 0 Å². The van der Waals surface area contributed by atoms with Crippen LogP contribution in [0.4, 0.5) is 4.39 Å². The molecule has 19 heavy (non-hydrogen) atoms. The van der Waals surface area contributed by atoms with E-state index in [0.717, 1.165) is 5.69 Å². The molecule has 0 atom stereocenters. The lowest BCUT2D eigenvalue weighted by molar-refractivity contribution is 0.359. The molecular weight excluding hydrogens is 249 g/mol. The number of nitrogens with zero attached hydrogens (tertiary/aromatic N) is 5. The molecule has 0 aliphatic carbocycles. The van der Waals surface area contributed by atoms with Crippen molar-refractivity contribution in [2.45, 2.75) is 13.5 Å². The Bertz CT molecular complexity index is 705. The Hall–Kier alpha value is -2.57. The minimum absolute atomic E-state index is 0.334. The lowest BCUT2D eigenvalue weighted by atomic mass is 10.2. The Morgan fingerprint density at radius 2 is 2.21 bits per heavy atom. The maximum Gasteiger partial charge on any atom is 0.205 e. The summed E-state index contributed by atoms with van der Waals surface area (Å²) in [7, 11) is 0. The van der Waals surface area contributed by atoms with Crippen molar-refractivity contribution < 1.29 is 8.91 Å². The number of aromatic nitrogens is 5. The van der Waals surface area contributed by atoms with Crippen LogP contribution in [0.15, 0.2) is 34.9 Å². The van der Waals surface area contributed by atoms with E-state index in [1.54, 1.807) is 18.2 Å². The molecule has 0 amide bonds. The molecule has 3 rings (SSSR count). The summed E-state index contributed by atoms with van der Waals surface area (Å²) in [6.45, 7) is 2.17. The minimum Gasteiger partial charge on any atom is -0.359 e. The van der Waals surface area contributed by atoms with Gasteiger partial charge in [-0.05, 0) is 24.3 Å². The SMILES string of the molecule is Cc1cc(Cn2nnc(-c3cccc(F)c3)n2)on1. The molecule has 0 fully saturated rings. The number of tetrazole rings is 1. The molecule has 0 bridgehead atoms. The average Bonchev–Trinajstić information content (AvgIpc) is 2.99. The second-order valence-electron chi connectivity index (χ2n) is 4.09. The minimum atomic E-state index is -0.334. The first-order valence-electron chi connectivity index (χ1n) is 5.66. The summed E-state index contributed by atoms with van der Waals surface area (Å²) < 4.78 is 18.2. The molecule has 2 aromatic heterocycles. The van der Waals surface area contributed by atoms with Crippen molar-refractivity contribution in [2.24, 2.45) is 0 Å². The van der Waals surface area contributed by atoms with Crippen LogP contribution in [-0.4, -0.2) is 25.4 Å². The van der Waals surface area contributed by atoms with E-state index in [1.807, 2.05) is 6.92 Å². The van der Waals surface area contributed by atoms with Gasteiger partial charge in [0, 0.05) is 11.6 Å². The van der Waals surface area contributed by atoms with Gasteiger partial charge in [-0.2, -0.15) is 4.80 Å². The Kier molecular flexibility index (Phi) is 2.79. The molecule has 0 spiro atoms. The summed E-state index contributed by atoms with van der Waals surface area (Å²) >= 11 is 0. The van der Waals surface area contributed by atoms with Crippen LogP contribution >= 0.6 is 0 Å². The molecule has 0 saturated carbocycles. The van der Waals surface area contributed by atoms with Gasteiger partial charge in [0.1, 0.15) is 12.4 Å². The first-order chi connectivity index (χ1) is 9.20. The fourth-order valence-electron chi connectivity index (χ4n) is 1.68. The first kappa shape index (κ1) is 11.5. The zero-order valence-corrected chi connectivity index (χ0v) is 10.1. The predicted molar refractivity (Wildman–Crippen MR) is 63.6 cm³/mol. The van der Waals surface area contributed by atoms with E-state index in [9.17, 15) is 4.39 Å². The van der Waals surface area contributed by atoms with Gasteiger partial charge in [0.15, 0.2) is 5.76 Å². The van der Waals surface area contributed by atoms with Crippen molar-refractivity contribution >= 4 is 0 Å². The smallest absolute Gasteiger partial charge is 0.205 e. The predicted octanol–water partition coefficient (Wildman–Crippen LogP) is 1.82. The van der Waals surface area contributed by atoms with Gasteiger partial charge in [-0.15, -0.1) is 10.2 Å². The topological polar surface area (TPSA) is 69.6 Å². The van der Waals surface area contributed by atoms with E-state index >= 15 is 0 Å². The standard InChI is InChI=1S/C12H10FN5O/c1-8-5-11(19-16-8)7-18-15-12(14-17-18)9-3-2-4-10(13)6-9/h2-6H,7H2,1H3. The second-order valence-corrected chi connectivity index (χ2v) is 4.09. The van der Waals surface area contributed by atoms with Crippen LogP contribution in [0.2, 0.25) is 0 Å². The third-order valence-electron chi connectivity index (χ3n) is 2.51. The normalized spacial score (nSPS) is 10.8. The van der Waals surface area contributed by atoms with Gasteiger partial charge in [0.2, 0.25) is 5.82 Å². The lowest BCUT2D eigenvalue weighted by Crippen LogP contribution is -2.03. The third kappa shape index (κ3) is 2.49. The lowest BCUT2D eigenvalue weighted by Gasteiger charge is -1.94. The van der Waals surface area contributed by atoms with Crippen LogP contribution in [0.3, 0.4) is 0 Å². The molecule has 0 aliphatic heterocycles. The Morgan fingerprint density at radius 3 is 2.95 bits per heavy atom. The van der Waals surface area contributed by atoms with Crippen LogP contribution in [0.25, 0.3) is 11.4 Å². The van der Waals surface area contributed by atoms with E-state index in [0.29, 0.717) is 23.7 Å². The summed E-state index contributed by atoms with van der Waals surface area (Å²) in [5, 5.41) is 15.7. The molecule has 0 N–H and O–H groups in total. The highest BCUT2D eigenvalue weighted by atomic mass is 19.1. The molecule has 0 radical (unpaired) electrons. The van der Waals surface area contributed by atoms with E-state index in [-0.39, 0.29) is 5.82 Å². The number of rotatable bonds is 3. The molecule has 1 aromatic carbocycles. The third-order valence-corrected chi connectivity index (χ3v) is 2.51. The monoisotopic (exact) mass is 259 g/mol. The molecule has 0 aliphatic rings. The van der Waals surface area contributed by atoms with Crippen LogP contribution in [0.5, 0.6) is 0 Å². The van der Waals surface area contributed by atoms with Crippen LogP contribution in [0, 0.1) is 12.7 Å². The van der Waals surface area contributed by atoms with Crippen LogP contribution < -0.4 is 0 Å². The van der Waals surface area contributed by atoms with Crippen LogP contribution in [0.1, 0.15) is 11.5 Å². The first-order valence-corrected chi connectivity index (χ1v) is 5.66. The quantitative estimate of drug-likeness (QED) is 0.717. The van der Waals surface area contributed by atoms with E-state index in [2.05, 4.69) is 20.6 Å². The summed E-state index contributed by atoms with van der Waals surface area (Å²) in [5.74, 6) is 0.677. The summed E-state index contributed by atoms with van der Waals surface area (Å²) in [6.07, 6.45) is 0. The fraction of sp³-hybridized carbons (Fsp3) is 0.167. The van der Waals surface area contributed by atoms with E-state index < -0.39 is 0 Å². The molecule has 0 saturated heterocycles. The average molecular weight is 259 g/mol. The van der Waals surface area contributed by atoms with E-state index in [1.165, 1.54) is 16.9 Å². The van der Waals surface area contributed by atoms with Crippen molar-refractivity contribution in [1.82, 2.24) is 25.4 Å². The number of hydrogen-bond donors (Lipinski definition) is 0. The number of aryl methyl sites for hydroxylation is 1. The Balaban J connectivity index is 1.83. The maximum atomic E-state index is 13.1. The van der Waals surface area contributed by atoms with Crippen LogP contribution in [-0.2, 0) is 6.54 Å². The zero-order valence-electron chi connectivity index (χ0n) is 10.1. The molecule has 3 aromatic rings. The van der Waals surface area contributed by atoms with E-state index in [4.69, 9.17) is 4.52 Å². The highest BCUT2D eigenvalue weighted by Crippen LogP contribution is 2.14. The largest absolute Gasteiger partial charge is 0.359 e. The Morgan fingerprint density at radius 1 is 1.32 bits per heavy atom. The van der Waals surface area contributed by atoms with Gasteiger partial charge < -0.3 is 4.52 Å². The fourth-order valence-corrected chi connectivity index (χ4v) is 1.68. The van der Waals surface area contributed by atoms with Gasteiger partial charge in [-0.25, -0.2) is 4.39 Å². The van der Waals surface area contributed by atoms with Crippen molar-refractivity contribution in [1.29, 1.82) is 0 Å². The molecule has 7 heteroatoms. The van der Waals surface area contributed by atoms with Gasteiger partial charge in [-0.3, -0.25) is 0 Å². The highest BCUT2D eigenvalue weighted by Gasteiger charge is 2.09. The van der Waals surface area contributed by atoms with Gasteiger partial charge in [0.25, 0.3) is 0 Å². The molecule has 96 valence electrons. The van der Waals surface area contributed by atoms with Gasteiger partial charge in [0.05, 0.1) is 5.69 Å². The molecular formula is C12H10FN5O. The van der Waals surface area contributed by atoms with Gasteiger partial charge in [-0.1, -0.05) is 17.3 Å². The molecule has 6 nitrogen and oxygen atoms in total. The van der Waals surface area contributed by atoms with Crippen molar-refractivity contribution in [3.8, 4) is 11.4 Å². The van der Waals surface area contributed by atoms with Gasteiger partial charge >= 0.3 is 0 Å².